The number of rotatable bonds is 5. The summed E-state index contributed by atoms with van der Waals surface area (Å²) in [5.74, 6) is 0.206. The molecule has 0 unspecified atom stereocenters. The van der Waals surface area contributed by atoms with Gasteiger partial charge in [-0.05, 0) is 50.8 Å². The van der Waals surface area contributed by atoms with Crippen molar-refractivity contribution in [3.05, 3.63) is 22.9 Å². The third kappa shape index (κ3) is 5.32. The van der Waals surface area contributed by atoms with Gasteiger partial charge in [-0.15, -0.1) is 11.8 Å². The first-order valence-corrected chi connectivity index (χ1v) is 12.7. The topological polar surface area (TPSA) is 98.1 Å². The molecule has 8 heteroatoms. The van der Waals surface area contributed by atoms with Crippen molar-refractivity contribution in [1.29, 1.82) is 5.26 Å². The highest BCUT2D eigenvalue weighted by molar-refractivity contribution is 7.98. The Morgan fingerprint density at radius 2 is 1.74 bits per heavy atom. The fourth-order valence-corrected chi connectivity index (χ4v) is 5.12. The smallest absolute Gasteiger partial charge is 0.317 e. The molecule has 1 aromatic heterocycles. The summed E-state index contributed by atoms with van der Waals surface area (Å²) in [6.45, 7) is 1.27. The van der Waals surface area contributed by atoms with E-state index >= 15 is 0 Å². The van der Waals surface area contributed by atoms with Crippen LogP contribution in [-0.2, 0) is 0 Å². The van der Waals surface area contributed by atoms with E-state index in [4.69, 9.17) is 0 Å². The molecular formula is C23H31N5O2S. The molecule has 1 aromatic rings. The molecule has 2 N–H and O–H groups in total. The van der Waals surface area contributed by atoms with Gasteiger partial charge < -0.3 is 15.5 Å². The summed E-state index contributed by atoms with van der Waals surface area (Å²) < 4.78 is 0. The van der Waals surface area contributed by atoms with Crippen molar-refractivity contribution in [2.75, 3.05) is 19.3 Å². The minimum absolute atomic E-state index is 0.00745. The van der Waals surface area contributed by atoms with E-state index in [1.54, 1.807) is 6.07 Å². The number of amides is 3. The second-order valence-corrected chi connectivity index (χ2v) is 9.68. The summed E-state index contributed by atoms with van der Waals surface area (Å²) in [5.41, 5.74) is 1.71. The zero-order chi connectivity index (χ0) is 21.8. The molecule has 3 aliphatic rings. The Kier molecular flexibility index (Phi) is 7.01. The first-order valence-electron chi connectivity index (χ1n) is 11.4. The summed E-state index contributed by atoms with van der Waals surface area (Å²) in [7, 11) is 0. The largest absolute Gasteiger partial charge is 0.349 e. The maximum atomic E-state index is 13.0. The molecule has 2 aliphatic carbocycles. The number of thioether (sulfide) groups is 1. The van der Waals surface area contributed by atoms with Crippen molar-refractivity contribution in [2.24, 2.45) is 0 Å². The van der Waals surface area contributed by atoms with Gasteiger partial charge in [0.05, 0.1) is 11.1 Å². The van der Waals surface area contributed by atoms with Gasteiger partial charge in [0.15, 0.2) is 0 Å². The average molecular weight is 442 g/mol. The summed E-state index contributed by atoms with van der Waals surface area (Å²) >= 11 is 1.41. The van der Waals surface area contributed by atoms with Crippen LogP contribution in [0.1, 0.15) is 85.3 Å². The second kappa shape index (κ2) is 9.90. The van der Waals surface area contributed by atoms with Crippen LogP contribution in [0.2, 0.25) is 0 Å². The van der Waals surface area contributed by atoms with Crippen molar-refractivity contribution in [2.45, 2.75) is 80.8 Å². The Balaban J connectivity index is 1.34. The predicted octanol–water partition coefficient (Wildman–Crippen LogP) is 3.79. The zero-order valence-electron chi connectivity index (χ0n) is 18.2. The highest BCUT2D eigenvalue weighted by atomic mass is 32.2. The molecule has 2 saturated carbocycles. The SMILES string of the molecule is CSc1nc(C2CC2)cc(C(=O)NC2CCN(C(=O)NC3CCCCC3)CC2)c1C#N. The molecule has 0 atom stereocenters. The lowest BCUT2D eigenvalue weighted by Crippen LogP contribution is -2.51. The number of hydrogen-bond acceptors (Lipinski definition) is 5. The molecule has 2 heterocycles. The van der Waals surface area contributed by atoms with E-state index in [9.17, 15) is 14.9 Å². The Labute approximate surface area is 188 Å². The molecule has 0 bridgehead atoms. The van der Waals surface area contributed by atoms with Gasteiger partial charge in [0.1, 0.15) is 11.1 Å². The van der Waals surface area contributed by atoms with Crippen molar-refractivity contribution in [1.82, 2.24) is 20.5 Å². The Bertz CT molecular complexity index is 865. The number of urea groups is 1. The number of hydrogen-bond donors (Lipinski definition) is 2. The Morgan fingerprint density at radius 1 is 1.06 bits per heavy atom. The van der Waals surface area contributed by atoms with E-state index in [1.165, 1.54) is 31.0 Å². The van der Waals surface area contributed by atoms with Crippen LogP contribution in [-0.4, -0.2) is 53.3 Å². The number of nitriles is 1. The normalized spacial score (nSPS) is 20.2. The highest BCUT2D eigenvalue weighted by Gasteiger charge is 2.30. The number of likely N-dealkylation sites (tertiary alicyclic amines) is 1. The van der Waals surface area contributed by atoms with E-state index in [2.05, 4.69) is 21.7 Å². The van der Waals surface area contributed by atoms with Crippen LogP contribution in [0, 0.1) is 11.3 Å². The molecule has 0 aromatic carbocycles. The van der Waals surface area contributed by atoms with E-state index in [-0.39, 0.29) is 18.0 Å². The quantitative estimate of drug-likeness (QED) is 0.678. The van der Waals surface area contributed by atoms with E-state index < -0.39 is 0 Å². The predicted molar refractivity (Wildman–Crippen MR) is 120 cm³/mol. The fourth-order valence-electron chi connectivity index (χ4n) is 4.57. The lowest BCUT2D eigenvalue weighted by molar-refractivity contribution is 0.0916. The third-order valence-corrected chi connectivity index (χ3v) is 7.28. The third-order valence-electron chi connectivity index (χ3n) is 6.60. The number of carbonyl (C=O) groups excluding carboxylic acids is 2. The van der Waals surface area contributed by atoms with Crippen LogP contribution < -0.4 is 10.6 Å². The summed E-state index contributed by atoms with van der Waals surface area (Å²) in [6, 6.07) is 4.32. The van der Waals surface area contributed by atoms with Crippen LogP contribution in [0.15, 0.2) is 11.1 Å². The van der Waals surface area contributed by atoms with Gasteiger partial charge in [0.2, 0.25) is 0 Å². The van der Waals surface area contributed by atoms with Gasteiger partial charge >= 0.3 is 6.03 Å². The minimum atomic E-state index is -0.207. The molecule has 4 rings (SSSR count). The van der Waals surface area contributed by atoms with Crippen molar-refractivity contribution < 1.29 is 9.59 Å². The number of pyridine rings is 1. The van der Waals surface area contributed by atoms with E-state index in [0.29, 0.717) is 41.2 Å². The van der Waals surface area contributed by atoms with Gasteiger partial charge in [0.25, 0.3) is 5.91 Å². The van der Waals surface area contributed by atoms with E-state index in [1.807, 2.05) is 11.2 Å². The number of nitrogens with one attached hydrogen (secondary N) is 2. The highest BCUT2D eigenvalue weighted by Crippen LogP contribution is 2.40. The molecule has 3 amide bonds. The van der Waals surface area contributed by atoms with Crippen LogP contribution in [0.4, 0.5) is 4.79 Å². The van der Waals surface area contributed by atoms with Gasteiger partial charge in [-0.3, -0.25) is 4.79 Å². The summed E-state index contributed by atoms with van der Waals surface area (Å²) in [6.07, 6.45) is 11.3. The first-order chi connectivity index (χ1) is 15.1. The summed E-state index contributed by atoms with van der Waals surface area (Å²) in [5, 5.41) is 16.5. The molecule has 3 fully saturated rings. The minimum Gasteiger partial charge on any atom is -0.349 e. The molecule has 7 nitrogen and oxygen atoms in total. The monoisotopic (exact) mass is 441 g/mol. The second-order valence-electron chi connectivity index (χ2n) is 8.88. The zero-order valence-corrected chi connectivity index (χ0v) is 19.0. The van der Waals surface area contributed by atoms with Crippen LogP contribution in [0.3, 0.4) is 0 Å². The molecule has 1 aliphatic heterocycles. The lowest BCUT2D eigenvalue weighted by atomic mass is 9.95. The standard InChI is InChI=1S/C23H31N5O2S/c1-31-22-19(14-24)18(13-20(27-22)15-7-8-15)21(29)25-17-9-11-28(12-10-17)23(30)26-16-5-3-2-4-6-16/h13,15-17H,2-12H2,1H3,(H,25,29)(H,26,30). The molecule has 0 radical (unpaired) electrons. The molecule has 166 valence electrons. The first kappa shape index (κ1) is 21.9. The molecule has 1 saturated heterocycles. The van der Waals surface area contributed by atoms with Crippen LogP contribution in [0.25, 0.3) is 0 Å². The van der Waals surface area contributed by atoms with Gasteiger partial charge in [-0.25, -0.2) is 9.78 Å². The lowest BCUT2D eigenvalue weighted by Gasteiger charge is -2.34. The number of piperidine rings is 1. The molecule has 0 spiro atoms. The van der Waals surface area contributed by atoms with Gasteiger partial charge in [-0.1, -0.05) is 19.3 Å². The van der Waals surface area contributed by atoms with E-state index in [0.717, 1.165) is 44.2 Å². The Hall–Kier alpha value is -2.27. The summed E-state index contributed by atoms with van der Waals surface area (Å²) in [4.78, 5) is 32.1. The average Bonchev–Trinajstić information content (AvgIpc) is 3.64. The van der Waals surface area contributed by atoms with Crippen molar-refractivity contribution in [3.8, 4) is 6.07 Å². The number of aromatic nitrogens is 1. The molecule has 31 heavy (non-hydrogen) atoms. The van der Waals surface area contributed by atoms with Crippen LogP contribution in [0.5, 0.6) is 0 Å². The number of carbonyl (C=O) groups is 2. The van der Waals surface area contributed by atoms with Gasteiger partial charge in [-0.2, -0.15) is 5.26 Å². The fraction of sp³-hybridized carbons (Fsp3) is 0.652. The van der Waals surface area contributed by atoms with Gasteiger partial charge in [0, 0.05) is 36.8 Å². The molecular weight excluding hydrogens is 410 g/mol. The van der Waals surface area contributed by atoms with Crippen molar-refractivity contribution in [3.63, 3.8) is 0 Å². The number of nitrogens with zero attached hydrogens (tertiary/aromatic N) is 3. The van der Waals surface area contributed by atoms with Crippen LogP contribution >= 0.6 is 11.8 Å². The van der Waals surface area contributed by atoms with Crippen molar-refractivity contribution >= 4 is 23.7 Å². The maximum Gasteiger partial charge on any atom is 0.317 e. The Morgan fingerprint density at radius 3 is 2.35 bits per heavy atom. The maximum absolute atomic E-state index is 13.0.